The van der Waals surface area contributed by atoms with Crippen molar-refractivity contribution in [2.75, 3.05) is 36.0 Å². The van der Waals surface area contributed by atoms with Gasteiger partial charge in [-0.25, -0.2) is 4.39 Å². The zero-order chi connectivity index (χ0) is 12.8. The molecule has 0 bridgehead atoms. The van der Waals surface area contributed by atoms with Gasteiger partial charge in [-0.1, -0.05) is 13.0 Å². The van der Waals surface area contributed by atoms with E-state index >= 15 is 0 Å². The summed E-state index contributed by atoms with van der Waals surface area (Å²) >= 11 is 1.94. The molecule has 0 aromatic heterocycles. The van der Waals surface area contributed by atoms with E-state index in [9.17, 15) is 4.39 Å². The number of hydrogen-bond donors (Lipinski definition) is 1. The molecule has 0 radical (unpaired) electrons. The van der Waals surface area contributed by atoms with Crippen molar-refractivity contribution in [1.29, 1.82) is 0 Å². The van der Waals surface area contributed by atoms with Crippen LogP contribution in [0, 0.1) is 5.82 Å². The van der Waals surface area contributed by atoms with Crippen LogP contribution in [0.4, 0.5) is 10.1 Å². The molecule has 1 saturated heterocycles. The molecule has 0 amide bonds. The van der Waals surface area contributed by atoms with Gasteiger partial charge in [0.15, 0.2) is 0 Å². The first-order valence-corrected chi connectivity index (χ1v) is 7.78. The Balaban J connectivity index is 2.00. The number of halogens is 1. The highest BCUT2D eigenvalue weighted by Crippen LogP contribution is 2.23. The van der Waals surface area contributed by atoms with Gasteiger partial charge in [0.2, 0.25) is 0 Å². The van der Waals surface area contributed by atoms with E-state index in [0.29, 0.717) is 0 Å². The number of thioether (sulfide) groups is 1. The van der Waals surface area contributed by atoms with Crippen molar-refractivity contribution < 1.29 is 4.39 Å². The normalized spacial score (nSPS) is 16.0. The number of rotatable bonds is 5. The van der Waals surface area contributed by atoms with E-state index < -0.39 is 0 Å². The molecule has 0 saturated carbocycles. The van der Waals surface area contributed by atoms with Gasteiger partial charge in [-0.05, 0) is 30.7 Å². The summed E-state index contributed by atoms with van der Waals surface area (Å²) in [6.45, 7) is 5.77. The monoisotopic (exact) mass is 268 g/mol. The van der Waals surface area contributed by atoms with E-state index in [1.54, 1.807) is 6.07 Å². The van der Waals surface area contributed by atoms with Crippen molar-refractivity contribution in [3.8, 4) is 0 Å². The van der Waals surface area contributed by atoms with Gasteiger partial charge < -0.3 is 10.2 Å². The van der Waals surface area contributed by atoms with Crippen LogP contribution in [0.2, 0.25) is 0 Å². The van der Waals surface area contributed by atoms with Gasteiger partial charge in [0.05, 0.1) is 5.69 Å². The maximum atomic E-state index is 14.1. The van der Waals surface area contributed by atoms with E-state index in [-0.39, 0.29) is 5.82 Å². The van der Waals surface area contributed by atoms with Crippen molar-refractivity contribution in [1.82, 2.24) is 5.32 Å². The lowest BCUT2D eigenvalue weighted by Crippen LogP contribution is -2.33. The Hall–Kier alpha value is -0.740. The maximum Gasteiger partial charge on any atom is 0.146 e. The Kier molecular flexibility index (Phi) is 5.32. The second-order valence-electron chi connectivity index (χ2n) is 4.56. The van der Waals surface area contributed by atoms with Crippen molar-refractivity contribution in [3.63, 3.8) is 0 Å². The van der Waals surface area contributed by atoms with Crippen molar-refractivity contribution in [2.45, 2.75) is 19.9 Å². The Morgan fingerprint density at radius 2 is 2.11 bits per heavy atom. The average molecular weight is 268 g/mol. The van der Waals surface area contributed by atoms with Gasteiger partial charge in [0, 0.05) is 31.1 Å². The average Bonchev–Trinajstić information content (AvgIpc) is 2.40. The van der Waals surface area contributed by atoms with Gasteiger partial charge in [-0.2, -0.15) is 11.8 Å². The van der Waals surface area contributed by atoms with Crippen LogP contribution >= 0.6 is 11.8 Å². The molecule has 0 aliphatic carbocycles. The Bertz CT molecular complexity index is 378. The van der Waals surface area contributed by atoms with E-state index in [1.807, 2.05) is 23.9 Å². The quantitative estimate of drug-likeness (QED) is 0.827. The van der Waals surface area contributed by atoms with E-state index in [0.717, 1.165) is 55.4 Å². The minimum atomic E-state index is -0.0855. The van der Waals surface area contributed by atoms with Crippen LogP contribution in [0.15, 0.2) is 18.2 Å². The van der Waals surface area contributed by atoms with E-state index in [4.69, 9.17) is 0 Å². The minimum Gasteiger partial charge on any atom is -0.368 e. The number of benzene rings is 1. The second kappa shape index (κ2) is 7.00. The molecule has 1 N–H and O–H groups in total. The Labute approximate surface area is 113 Å². The van der Waals surface area contributed by atoms with Crippen molar-refractivity contribution in [3.05, 3.63) is 29.6 Å². The zero-order valence-corrected chi connectivity index (χ0v) is 11.7. The molecule has 100 valence electrons. The van der Waals surface area contributed by atoms with Gasteiger partial charge in [-0.15, -0.1) is 0 Å². The van der Waals surface area contributed by atoms with Crippen LogP contribution in [0.25, 0.3) is 0 Å². The van der Waals surface area contributed by atoms with Crippen LogP contribution in [0.1, 0.15) is 18.9 Å². The fourth-order valence-electron chi connectivity index (χ4n) is 2.13. The molecule has 4 heteroatoms. The SMILES string of the molecule is CCCNCc1ccc(N2CCSCC2)c(F)c1. The molecular formula is C14H21FN2S. The molecule has 1 aliphatic heterocycles. The van der Waals surface area contributed by atoms with Crippen LogP contribution < -0.4 is 10.2 Å². The lowest BCUT2D eigenvalue weighted by atomic mass is 10.1. The molecule has 1 aromatic carbocycles. The second-order valence-corrected chi connectivity index (χ2v) is 5.79. The number of nitrogens with zero attached hydrogens (tertiary/aromatic N) is 1. The molecule has 2 nitrogen and oxygen atoms in total. The molecule has 1 aliphatic rings. The maximum absolute atomic E-state index is 14.1. The molecular weight excluding hydrogens is 247 g/mol. The van der Waals surface area contributed by atoms with Crippen molar-refractivity contribution >= 4 is 17.4 Å². The highest BCUT2D eigenvalue weighted by Gasteiger charge is 2.14. The summed E-state index contributed by atoms with van der Waals surface area (Å²) in [5.41, 5.74) is 1.78. The predicted molar refractivity (Wildman–Crippen MR) is 77.9 cm³/mol. The van der Waals surface area contributed by atoms with Crippen LogP contribution in [0.5, 0.6) is 0 Å². The summed E-state index contributed by atoms with van der Waals surface area (Å²) in [4.78, 5) is 2.15. The number of hydrogen-bond acceptors (Lipinski definition) is 3. The fraction of sp³-hybridized carbons (Fsp3) is 0.571. The molecule has 2 rings (SSSR count). The van der Waals surface area contributed by atoms with Crippen LogP contribution in [-0.4, -0.2) is 31.1 Å². The molecule has 1 aromatic rings. The summed E-state index contributed by atoms with van der Waals surface area (Å²) in [5, 5.41) is 3.29. The third-order valence-electron chi connectivity index (χ3n) is 3.12. The summed E-state index contributed by atoms with van der Waals surface area (Å²) in [6.07, 6.45) is 1.10. The summed E-state index contributed by atoms with van der Waals surface area (Å²) in [7, 11) is 0. The van der Waals surface area contributed by atoms with E-state index in [1.165, 1.54) is 0 Å². The van der Waals surface area contributed by atoms with Crippen LogP contribution in [-0.2, 0) is 6.54 Å². The highest BCUT2D eigenvalue weighted by molar-refractivity contribution is 7.99. The predicted octanol–water partition coefficient (Wildman–Crippen LogP) is 2.88. The standard InChI is InChI=1S/C14H21FN2S/c1-2-5-16-11-12-3-4-14(13(15)10-12)17-6-8-18-9-7-17/h3-4,10,16H,2,5-9,11H2,1H3. The minimum absolute atomic E-state index is 0.0855. The number of nitrogens with one attached hydrogen (secondary N) is 1. The van der Waals surface area contributed by atoms with Gasteiger partial charge in [0.25, 0.3) is 0 Å². The van der Waals surface area contributed by atoms with E-state index in [2.05, 4.69) is 17.1 Å². The topological polar surface area (TPSA) is 15.3 Å². The fourth-order valence-corrected chi connectivity index (χ4v) is 3.03. The first-order valence-electron chi connectivity index (χ1n) is 6.63. The third kappa shape index (κ3) is 3.62. The first kappa shape index (κ1) is 13.7. The summed E-state index contributed by atoms with van der Waals surface area (Å²) < 4.78 is 14.1. The first-order chi connectivity index (χ1) is 8.81. The largest absolute Gasteiger partial charge is 0.368 e. The smallest absolute Gasteiger partial charge is 0.146 e. The van der Waals surface area contributed by atoms with Gasteiger partial charge in [-0.3, -0.25) is 0 Å². The number of anilines is 1. The summed E-state index contributed by atoms with van der Waals surface area (Å²) in [5.74, 6) is 2.11. The Morgan fingerprint density at radius 1 is 1.33 bits per heavy atom. The van der Waals surface area contributed by atoms with Gasteiger partial charge >= 0.3 is 0 Å². The highest BCUT2D eigenvalue weighted by atomic mass is 32.2. The lowest BCUT2D eigenvalue weighted by Gasteiger charge is -2.29. The molecule has 0 unspecified atom stereocenters. The lowest BCUT2D eigenvalue weighted by molar-refractivity contribution is 0.612. The van der Waals surface area contributed by atoms with Crippen LogP contribution in [0.3, 0.4) is 0 Å². The van der Waals surface area contributed by atoms with Gasteiger partial charge in [0.1, 0.15) is 5.82 Å². The zero-order valence-electron chi connectivity index (χ0n) is 10.9. The molecule has 0 spiro atoms. The molecule has 0 atom stereocenters. The Morgan fingerprint density at radius 3 is 2.78 bits per heavy atom. The third-order valence-corrected chi connectivity index (χ3v) is 4.06. The molecule has 1 heterocycles. The molecule has 1 fully saturated rings. The molecule has 18 heavy (non-hydrogen) atoms. The van der Waals surface area contributed by atoms with Crippen molar-refractivity contribution in [2.24, 2.45) is 0 Å². The summed E-state index contributed by atoms with van der Waals surface area (Å²) in [6, 6.07) is 5.62.